The van der Waals surface area contributed by atoms with Crippen molar-refractivity contribution in [1.29, 1.82) is 0 Å². The molecule has 1 aromatic carbocycles. The number of aromatic amines is 1. The number of nitrogens with one attached hydrogen (secondary N) is 2. The molecule has 1 heterocycles. The van der Waals surface area contributed by atoms with Gasteiger partial charge in [-0.2, -0.15) is 0 Å². The van der Waals surface area contributed by atoms with Crippen molar-refractivity contribution in [2.75, 3.05) is 7.11 Å². The van der Waals surface area contributed by atoms with Gasteiger partial charge in [0, 0.05) is 24.3 Å². The minimum absolute atomic E-state index is 0.0911. The number of ether oxygens (including phenoxy) is 1. The molecule has 1 aromatic heterocycles. The van der Waals surface area contributed by atoms with Gasteiger partial charge < -0.3 is 15.0 Å². The Kier molecular flexibility index (Phi) is 5.97. The molecule has 29 heavy (non-hydrogen) atoms. The van der Waals surface area contributed by atoms with Gasteiger partial charge in [-0.1, -0.05) is 31.4 Å². The van der Waals surface area contributed by atoms with E-state index in [2.05, 4.69) is 10.3 Å². The number of nitrogens with zero attached hydrogens (tertiary/aromatic N) is 1. The van der Waals surface area contributed by atoms with Gasteiger partial charge in [-0.15, -0.1) is 0 Å². The fraction of sp³-hybridized carbons (Fsp3) is 0.522. The first kappa shape index (κ1) is 19.7. The van der Waals surface area contributed by atoms with Crippen molar-refractivity contribution >= 4 is 5.91 Å². The number of rotatable bonds is 7. The average Bonchev–Trinajstić information content (AvgIpc) is 3.21. The monoisotopic (exact) mass is 395 g/mol. The SMILES string of the molecule is COc1ccc(C(Cc2cc(=O)[nH]c(C3CCC3)n2)NC(=O)C2CCCC2)cc1. The molecule has 6 nitrogen and oxygen atoms in total. The molecule has 2 fully saturated rings. The van der Waals surface area contributed by atoms with Crippen LogP contribution in [-0.4, -0.2) is 23.0 Å². The van der Waals surface area contributed by atoms with E-state index in [1.54, 1.807) is 13.2 Å². The molecule has 1 amide bonds. The number of hydrogen-bond donors (Lipinski definition) is 2. The van der Waals surface area contributed by atoms with Crippen LogP contribution in [0.15, 0.2) is 35.1 Å². The summed E-state index contributed by atoms with van der Waals surface area (Å²) < 4.78 is 5.26. The lowest BCUT2D eigenvalue weighted by atomic mass is 9.85. The first-order valence-corrected chi connectivity index (χ1v) is 10.7. The summed E-state index contributed by atoms with van der Waals surface area (Å²) in [4.78, 5) is 32.6. The number of hydrogen-bond acceptors (Lipinski definition) is 4. The number of aromatic nitrogens is 2. The number of benzene rings is 1. The smallest absolute Gasteiger partial charge is 0.251 e. The second kappa shape index (κ2) is 8.80. The van der Waals surface area contributed by atoms with Crippen LogP contribution in [0.2, 0.25) is 0 Å². The lowest BCUT2D eigenvalue weighted by Crippen LogP contribution is -2.34. The Balaban J connectivity index is 1.57. The van der Waals surface area contributed by atoms with Crippen molar-refractivity contribution < 1.29 is 9.53 Å². The molecule has 0 radical (unpaired) electrons. The highest BCUT2D eigenvalue weighted by atomic mass is 16.5. The zero-order chi connectivity index (χ0) is 20.2. The molecule has 2 aliphatic carbocycles. The van der Waals surface area contributed by atoms with Gasteiger partial charge in [0.25, 0.3) is 5.56 Å². The van der Waals surface area contributed by atoms with Crippen molar-refractivity contribution in [3.63, 3.8) is 0 Å². The number of H-pyrrole nitrogens is 1. The van der Waals surface area contributed by atoms with Gasteiger partial charge in [0.1, 0.15) is 11.6 Å². The maximum atomic E-state index is 12.8. The van der Waals surface area contributed by atoms with Crippen molar-refractivity contribution in [2.24, 2.45) is 5.92 Å². The standard InChI is InChI=1S/C23H29N3O3/c1-29-19-11-9-15(10-12-19)20(25-23(28)17-5-2-3-6-17)13-18-14-21(27)26-22(24-18)16-7-4-8-16/h9-12,14,16-17,20H,2-8,13H2,1H3,(H,25,28)(H,24,26,27). The Morgan fingerprint density at radius 2 is 1.90 bits per heavy atom. The predicted molar refractivity (Wildman–Crippen MR) is 111 cm³/mol. The molecule has 2 N–H and O–H groups in total. The molecule has 6 heteroatoms. The molecular weight excluding hydrogens is 366 g/mol. The number of carbonyl (C=O) groups excluding carboxylic acids is 1. The van der Waals surface area contributed by atoms with E-state index in [-0.39, 0.29) is 23.4 Å². The summed E-state index contributed by atoms with van der Waals surface area (Å²) in [5.74, 6) is 2.11. The van der Waals surface area contributed by atoms with Crippen LogP contribution in [0.1, 0.15) is 74.0 Å². The third-order valence-corrected chi connectivity index (χ3v) is 6.28. The van der Waals surface area contributed by atoms with E-state index in [0.717, 1.165) is 61.4 Å². The molecule has 0 bridgehead atoms. The molecule has 1 atom stereocenters. The van der Waals surface area contributed by atoms with Crippen molar-refractivity contribution in [3.05, 3.63) is 57.8 Å². The number of methoxy groups -OCH3 is 1. The van der Waals surface area contributed by atoms with E-state index in [0.29, 0.717) is 12.3 Å². The van der Waals surface area contributed by atoms with Crippen LogP contribution >= 0.6 is 0 Å². The van der Waals surface area contributed by atoms with Crippen LogP contribution in [0, 0.1) is 5.92 Å². The maximum Gasteiger partial charge on any atom is 0.251 e. The van der Waals surface area contributed by atoms with E-state index < -0.39 is 0 Å². The lowest BCUT2D eigenvalue weighted by molar-refractivity contribution is -0.125. The second-order valence-electron chi connectivity index (χ2n) is 8.27. The van der Waals surface area contributed by atoms with Gasteiger partial charge in [-0.25, -0.2) is 4.98 Å². The van der Waals surface area contributed by atoms with E-state index >= 15 is 0 Å². The Hall–Kier alpha value is -2.63. The zero-order valence-electron chi connectivity index (χ0n) is 16.9. The highest BCUT2D eigenvalue weighted by Crippen LogP contribution is 2.34. The summed E-state index contributed by atoms with van der Waals surface area (Å²) in [5.41, 5.74) is 1.60. The Morgan fingerprint density at radius 1 is 1.17 bits per heavy atom. The summed E-state index contributed by atoms with van der Waals surface area (Å²) in [7, 11) is 1.64. The topological polar surface area (TPSA) is 84.1 Å². The molecule has 2 saturated carbocycles. The minimum atomic E-state index is -0.224. The fourth-order valence-corrected chi connectivity index (χ4v) is 4.28. The molecule has 0 saturated heterocycles. The van der Waals surface area contributed by atoms with E-state index in [1.807, 2.05) is 24.3 Å². The number of amides is 1. The highest BCUT2D eigenvalue weighted by molar-refractivity contribution is 5.79. The lowest BCUT2D eigenvalue weighted by Gasteiger charge is -2.25. The average molecular weight is 396 g/mol. The van der Waals surface area contributed by atoms with Crippen molar-refractivity contribution in [2.45, 2.75) is 63.3 Å². The van der Waals surface area contributed by atoms with Crippen LogP contribution in [0.3, 0.4) is 0 Å². The second-order valence-corrected chi connectivity index (χ2v) is 8.27. The Labute approximate surface area is 171 Å². The Bertz CT molecular complexity index is 896. The largest absolute Gasteiger partial charge is 0.497 e. The quantitative estimate of drug-likeness (QED) is 0.750. The van der Waals surface area contributed by atoms with Gasteiger partial charge >= 0.3 is 0 Å². The minimum Gasteiger partial charge on any atom is -0.497 e. The first-order valence-electron chi connectivity index (χ1n) is 10.7. The van der Waals surface area contributed by atoms with Gasteiger partial charge in [-0.05, 0) is 43.4 Å². The zero-order valence-corrected chi connectivity index (χ0v) is 16.9. The summed E-state index contributed by atoms with van der Waals surface area (Å²) >= 11 is 0. The Morgan fingerprint density at radius 3 is 2.52 bits per heavy atom. The highest BCUT2D eigenvalue weighted by Gasteiger charge is 2.27. The van der Waals surface area contributed by atoms with E-state index in [1.165, 1.54) is 6.42 Å². The van der Waals surface area contributed by atoms with Gasteiger partial charge in [0.15, 0.2) is 0 Å². The van der Waals surface area contributed by atoms with Gasteiger partial charge in [0.05, 0.1) is 18.8 Å². The molecule has 1 unspecified atom stereocenters. The predicted octanol–water partition coefficient (Wildman–Crippen LogP) is 3.64. The normalized spacial score (nSPS) is 18.2. The summed E-state index contributed by atoms with van der Waals surface area (Å²) in [5, 5.41) is 3.23. The summed E-state index contributed by atoms with van der Waals surface area (Å²) in [6.45, 7) is 0. The third-order valence-electron chi connectivity index (χ3n) is 6.28. The third kappa shape index (κ3) is 4.69. The van der Waals surface area contributed by atoms with E-state index in [4.69, 9.17) is 9.72 Å². The molecular formula is C23H29N3O3. The molecule has 154 valence electrons. The molecule has 2 aromatic rings. The fourth-order valence-electron chi connectivity index (χ4n) is 4.28. The van der Waals surface area contributed by atoms with Crippen LogP contribution in [0.5, 0.6) is 5.75 Å². The van der Waals surface area contributed by atoms with Crippen LogP contribution in [-0.2, 0) is 11.2 Å². The van der Waals surface area contributed by atoms with Crippen molar-refractivity contribution in [3.8, 4) is 5.75 Å². The van der Waals surface area contributed by atoms with Crippen LogP contribution in [0.25, 0.3) is 0 Å². The number of carbonyl (C=O) groups is 1. The van der Waals surface area contributed by atoms with Gasteiger partial charge in [-0.3, -0.25) is 9.59 Å². The molecule has 0 aliphatic heterocycles. The van der Waals surface area contributed by atoms with Crippen LogP contribution in [0.4, 0.5) is 0 Å². The maximum absolute atomic E-state index is 12.8. The van der Waals surface area contributed by atoms with Crippen LogP contribution < -0.4 is 15.6 Å². The van der Waals surface area contributed by atoms with Gasteiger partial charge in [0.2, 0.25) is 5.91 Å². The summed E-state index contributed by atoms with van der Waals surface area (Å²) in [6, 6.07) is 9.07. The first-order chi connectivity index (χ1) is 14.1. The van der Waals surface area contributed by atoms with Crippen molar-refractivity contribution in [1.82, 2.24) is 15.3 Å². The molecule has 2 aliphatic rings. The summed E-state index contributed by atoms with van der Waals surface area (Å²) in [6.07, 6.45) is 7.97. The molecule has 4 rings (SSSR count). The molecule has 0 spiro atoms. The van der Waals surface area contributed by atoms with E-state index in [9.17, 15) is 9.59 Å².